The van der Waals surface area contributed by atoms with E-state index in [0.717, 1.165) is 6.54 Å². The van der Waals surface area contributed by atoms with Crippen molar-refractivity contribution in [2.75, 3.05) is 6.54 Å². The average Bonchev–Trinajstić information content (AvgIpc) is 3.08. The van der Waals surface area contributed by atoms with Crippen molar-refractivity contribution in [3.8, 4) is 0 Å². The molecule has 0 spiro atoms. The zero-order chi connectivity index (χ0) is 14.5. The summed E-state index contributed by atoms with van der Waals surface area (Å²) in [5, 5.41) is 3.54. The monoisotopic (exact) mass is 282 g/mol. The van der Waals surface area contributed by atoms with Gasteiger partial charge in [-0.1, -0.05) is 49.6 Å². The van der Waals surface area contributed by atoms with Gasteiger partial charge in [0.1, 0.15) is 0 Å². The van der Waals surface area contributed by atoms with Crippen molar-refractivity contribution >= 4 is 5.71 Å². The second-order valence-electron chi connectivity index (χ2n) is 6.27. The zero-order valence-electron chi connectivity index (χ0n) is 13.1. The van der Waals surface area contributed by atoms with Gasteiger partial charge in [-0.05, 0) is 43.7 Å². The average molecular weight is 282 g/mol. The number of rotatable bonds is 3. The maximum absolute atomic E-state index is 5.17. The highest BCUT2D eigenvalue weighted by molar-refractivity contribution is 6.12. The molecule has 1 N–H and O–H groups in total. The molecule has 1 saturated heterocycles. The smallest absolute Gasteiger partial charge is 0.0696 e. The van der Waals surface area contributed by atoms with Crippen molar-refractivity contribution in [3.63, 3.8) is 0 Å². The standard InChI is InChI=1S/C19H26N2/c1-15(18-13-8-14-20-18)19(16-9-4-2-5-10-16)21-17-11-6-3-7-12-17/h2,4-5,9-10,17,20H,3,6-8,11-14H2,1H3. The topological polar surface area (TPSA) is 24.4 Å². The van der Waals surface area contributed by atoms with Crippen LogP contribution < -0.4 is 5.32 Å². The third kappa shape index (κ3) is 3.55. The molecule has 0 aromatic heterocycles. The van der Waals surface area contributed by atoms with Gasteiger partial charge in [0.15, 0.2) is 0 Å². The summed E-state index contributed by atoms with van der Waals surface area (Å²) in [4.78, 5) is 5.17. The summed E-state index contributed by atoms with van der Waals surface area (Å²) >= 11 is 0. The Morgan fingerprint density at radius 2 is 1.81 bits per heavy atom. The predicted octanol–water partition coefficient (Wildman–Crippen LogP) is 4.47. The van der Waals surface area contributed by atoms with Crippen LogP contribution in [0.15, 0.2) is 46.6 Å². The molecule has 3 rings (SSSR count). The largest absolute Gasteiger partial charge is 0.388 e. The van der Waals surface area contributed by atoms with Gasteiger partial charge in [-0.25, -0.2) is 0 Å². The van der Waals surface area contributed by atoms with E-state index in [-0.39, 0.29) is 0 Å². The molecule has 1 aliphatic heterocycles. The summed E-state index contributed by atoms with van der Waals surface area (Å²) in [6, 6.07) is 11.2. The Bertz CT molecular complexity index is 514. The fourth-order valence-electron chi connectivity index (χ4n) is 3.43. The van der Waals surface area contributed by atoms with Gasteiger partial charge in [-0.3, -0.25) is 4.99 Å². The Balaban J connectivity index is 1.94. The number of hydrogen-bond donors (Lipinski definition) is 1. The second-order valence-corrected chi connectivity index (χ2v) is 6.27. The van der Waals surface area contributed by atoms with Crippen LogP contribution in [0.25, 0.3) is 0 Å². The minimum Gasteiger partial charge on any atom is -0.388 e. The van der Waals surface area contributed by atoms with Crippen LogP contribution in [-0.2, 0) is 0 Å². The van der Waals surface area contributed by atoms with E-state index in [9.17, 15) is 0 Å². The Labute approximate surface area is 128 Å². The van der Waals surface area contributed by atoms with Crippen LogP contribution in [0.1, 0.15) is 57.4 Å². The first-order valence-corrected chi connectivity index (χ1v) is 8.42. The van der Waals surface area contributed by atoms with Crippen molar-refractivity contribution in [1.29, 1.82) is 0 Å². The molecule has 1 heterocycles. The molecule has 0 bridgehead atoms. The van der Waals surface area contributed by atoms with E-state index in [1.54, 1.807) is 0 Å². The third-order valence-corrected chi connectivity index (χ3v) is 4.68. The van der Waals surface area contributed by atoms with Crippen LogP contribution in [0.2, 0.25) is 0 Å². The first-order valence-electron chi connectivity index (χ1n) is 8.42. The predicted molar refractivity (Wildman–Crippen MR) is 89.8 cm³/mol. The highest BCUT2D eigenvalue weighted by Gasteiger charge is 2.18. The quantitative estimate of drug-likeness (QED) is 0.813. The minimum absolute atomic E-state index is 0.519. The van der Waals surface area contributed by atoms with Crippen LogP contribution in [0.4, 0.5) is 0 Å². The van der Waals surface area contributed by atoms with Crippen LogP contribution in [0, 0.1) is 0 Å². The van der Waals surface area contributed by atoms with E-state index in [4.69, 9.17) is 4.99 Å². The molecular weight excluding hydrogens is 256 g/mol. The van der Waals surface area contributed by atoms with E-state index in [2.05, 4.69) is 42.6 Å². The maximum Gasteiger partial charge on any atom is 0.0696 e. The van der Waals surface area contributed by atoms with Gasteiger partial charge >= 0.3 is 0 Å². The molecule has 1 saturated carbocycles. The summed E-state index contributed by atoms with van der Waals surface area (Å²) in [5.74, 6) is 0. The molecular formula is C19H26N2. The second kappa shape index (κ2) is 6.93. The molecule has 112 valence electrons. The third-order valence-electron chi connectivity index (χ3n) is 4.68. The molecule has 2 heteroatoms. The van der Waals surface area contributed by atoms with Crippen molar-refractivity contribution in [1.82, 2.24) is 5.32 Å². The first kappa shape index (κ1) is 14.4. The van der Waals surface area contributed by atoms with Crippen LogP contribution in [0.3, 0.4) is 0 Å². The molecule has 2 fully saturated rings. The lowest BCUT2D eigenvalue weighted by atomic mass is 9.94. The number of hydrogen-bond acceptors (Lipinski definition) is 2. The maximum atomic E-state index is 5.17. The van der Waals surface area contributed by atoms with Crippen molar-refractivity contribution in [2.24, 2.45) is 4.99 Å². The molecule has 0 atom stereocenters. The van der Waals surface area contributed by atoms with Gasteiger partial charge < -0.3 is 5.32 Å². The number of allylic oxidation sites excluding steroid dienone is 2. The molecule has 1 aromatic rings. The Kier molecular flexibility index (Phi) is 4.74. The highest BCUT2D eigenvalue weighted by atomic mass is 14.9. The van der Waals surface area contributed by atoms with E-state index in [1.165, 1.54) is 67.5 Å². The Hall–Kier alpha value is -1.57. The van der Waals surface area contributed by atoms with Gasteiger partial charge in [0, 0.05) is 12.2 Å². The van der Waals surface area contributed by atoms with Gasteiger partial charge in [0.05, 0.1) is 11.8 Å². The molecule has 2 nitrogen and oxygen atoms in total. The number of benzene rings is 1. The van der Waals surface area contributed by atoms with E-state index < -0.39 is 0 Å². The zero-order valence-corrected chi connectivity index (χ0v) is 13.1. The van der Waals surface area contributed by atoms with Gasteiger partial charge in [0.25, 0.3) is 0 Å². The number of nitrogens with one attached hydrogen (secondary N) is 1. The molecule has 1 aromatic carbocycles. The fraction of sp³-hybridized carbons (Fsp3) is 0.526. The van der Waals surface area contributed by atoms with Crippen molar-refractivity contribution in [3.05, 3.63) is 47.2 Å². The molecule has 1 aliphatic carbocycles. The van der Waals surface area contributed by atoms with E-state index in [1.807, 2.05) is 0 Å². The van der Waals surface area contributed by atoms with Crippen LogP contribution >= 0.6 is 0 Å². The van der Waals surface area contributed by atoms with Gasteiger partial charge in [-0.2, -0.15) is 0 Å². The van der Waals surface area contributed by atoms with Gasteiger partial charge in [0.2, 0.25) is 0 Å². The summed E-state index contributed by atoms with van der Waals surface area (Å²) in [6.07, 6.45) is 8.99. The number of aliphatic imine (C=N–C) groups is 1. The molecule has 0 unspecified atom stereocenters. The van der Waals surface area contributed by atoms with Crippen LogP contribution in [0.5, 0.6) is 0 Å². The molecule has 2 aliphatic rings. The highest BCUT2D eigenvalue weighted by Crippen LogP contribution is 2.24. The normalized spacial score (nSPS) is 23.0. The summed E-state index contributed by atoms with van der Waals surface area (Å²) in [6.45, 7) is 3.35. The molecule has 21 heavy (non-hydrogen) atoms. The molecule has 0 amide bonds. The van der Waals surface area contributed by atoms with Crippen molar-refractivity contribution < 1.29 is 0 Å². The first-order chi connectivity index (χ1) is 10.3. The van der Waals surface area contributed by atoms with Crippen molar-refractivity contribution in [2.45, 2.75) is 57.9 Å². The SMILES string of the molecule is CC(C(=NC1CCCCC1)c1ccccc1)=C1CCCN1. The summed E-state index contributed by atoms with van der Waals surface area (Å²) in [7, 11) is 0. The fourth-order valence-corrected chi connectivity index (χ4v) is 3.43. The van der Waals surface area contributed by atoms with E-state index in [0.29, 0.717) is 6.04 Å². The lowest BCUT2D eigenvalue weighted by Crippen LogP contribution is -2.17. The molecule has 0 radical (unpaired) electrons. The lowest BCUT2D eigenvalue weighted by molar-refractivity contribution is 0.443. The van der Waals surface area contributed by atoms with E-state index >= 15 is 0 Å². The summed E-state index contributed by atoms with van der Waals surface area (Å²) in [5.41, 5.74) is 5.23. The summed E-state index contributed by atoms with van der Waals surface area (Å²) < 4.78 is 0. The Morgan fingerprint density at radius 3 is 2.48 bits per heavy atom. The number of nitrogens with zero attached hydrogens (tertiary/aromatic N) is 1. The minimum atomic E-state index is 0.519. The Morgan fingerprint density at radius 1 is 1.05 bits per heavy atom. The van der Waals surface area contributed by atoms with Crippen LogP contribution in [-0.4, -0.2) is 18.3 Å². The van der Waals surface area contributed by atoms with Gasteiger partial charge in [-0.15, -0.1) is 0 Å². The lowest BCUT2D eigenvalue weighted by Gasteiger charge is -2.20.